The molecule has 1 atom stereocenters. The summed E-state index contributed by atoms with van der Waals surface area (Å²) in [6.45, 7) is 2.31. The molecule has 35 heavy (non-hydrogen) atoms. The summed E-state index contributed by atoms with van der Waals surface area (Å²) in [5.41, 5.74) is 3.28. The number of amides is 2. The molecule has 4 aromatic rings. The molecule has 0 aliphatic carbocycles. The fraction of sp³-hybridized carbons (Fsp3) is 0.192. The lowest BCUT2D eigenvalue weighted by atomic mass is 9.94. The van der Waals surface area contributed by atoms with Crippen molar-refractivity contribution in [2.24, 2.45) is 0 Å². The van der Waals surface area contributed by atoms with Crippen LogP contribution in [0.4, 0.5) is 4.79 Å². The molecule has 1 aliphatic heterocycles. The van der Waals surface area contributed by atoms with Gasteiger partial charge in [0.2, 0.25) is 5.82 Å². The minimum atomic E-state index is -0.522. The van der Waals surface area contributed by atoms with Crippen molar-refractivity contribution in [2.45, 2.75) is 19.5 Å². The van der Waals surface area contributed by atoms with Gasteiger partial charge in [-0.25, -0.2) is 4.79 Å². The van der Waals surface area contributed by atoms with Gasteiger partial charge in [-0.05, 0) is 41.6 Å². The van der Waals surface area contributed by atoms with E-state index in [0.717, 1.165) is 27.3 Å². The van der Waals surface area contributed by atoms with Crippen LogP contribution in [0.5, 0.6) is 11.5 Å². The van der Waals surface area contributed by atoms with E-state index < -0.39 is 6.04 Å². The number of urea groups is 1. The van der Waals surface area contributed by atoms with E-state index in [2.05, 4.69) is 15.5 Å². The number of thiophene rings is 1. The molecule has 3 heterocycles. The first-order valence-corrected chi connectivity index (χ1v) is 11.9. The molecule has 0 spiro atoms. The highest BCUT2D eigenvalue weighted by Crippen LogP contribution is 2.40. The zero-order valence-electron chi connectivity index (χ0n) is 19.5. The van der Waals surface area contributed by atoms with Gasteiger partial charge in [-0.1, -0.05) is 47.6 Å². The number of nitrogens with one attached hydrogen (secondary N) is 1. The summed E-state index contributed by atoms with van der Waals surface area (Å²) in [6.07, 6.45) is 0. The van der Waals surface area contributed by atoms with Crippen LogP contribution in [0.3, 0.4) is 0 Å². The monoisotopic (exact) mass is 488 g/mol. The zero-order chi connectivity index (χ0) is 24.4. The summed E-state index contributed by atoms with van der Waals surface area (Å²) in [5.74, 6) is 2.02. The predicted molar refractivity (Wildman–Crippen MR) is 133 cm³/mol. The van der Waals surface area contributed by atoms with Gasteiger partial charge in [0.15, 0.2) is 11.5 Å². The van der Waals surface area contributed by atoms with Gasteiger partial charge in [-0.2, -0.15) is 4.98 Å². The van der Waals surface area contributed by atoms with E-state index in [-0.39, 0.29) is 6.03 Å². The molecule has 1 unspecified atom stereocenters. The fourth-order valence-electron chi connectivity index (χ4n) is 4.14. The topological polar surface area (TPSA) is 89.7 Å². The zero-order valence-corrected chi connectivity index (χ0v) is 20.3. The van der Waals surface area contributed by atoms with Crippen molar-refractivity contribution in [3.05, 3.63) is 88.8 Å². The van der Waals surface area contributed by atoms with Crippen molar-refractivity contribution in [3.8, 4) is 22.2 Å². The van der Waals surface area contributed by atoms with Gasteiger partial charge in [0, 0.05) is 5.70 Å². The number of benzene rings is 2. The Morgan fingerprint density at radius 1 is 1.06 bits per heavy atom. The lowest BCUT2D eigenvalue weighted by molar-refractivity contribution is 0.203. The van der Waals surface area contributed by atoms with Crippen molar-refractivity contribution in [3.63, 3.8) is 0 Å². The maximum Gasteiger partial charge on any atom is 0.322 e. The van der Waals surface area contributed by atoms with Crippen molar-refractivity contribution in [1.29, 1.82) is 0 Å². The minimum Gasteiger partial charge on any atom is -0.493 e. The second-order valence-corrected chi connectivity index (χ2v) is 8.92. The Morgan fingerprint density at radius 3 is 2.57 bits per heavy atom. The summed E-state index contributed by atoms with van der Waals surface area (Å²) in [5, 5.41) is 9.29. The normalized spacial score (nSPS) is 15.8. The lowest BCUT2D eigenvalue weighted by Gasteiger charge is -2.35. The summed E-state index contributed by atoms with van der Waals surface area (Å²) in [6, 6.07) is 18.5. The SMILES string of the molecule is COc1ccc(C2NC(=O)N(Cc3ccccc3)C(C)=C2c2nc(-c3cccs3)no2)cc1OC. The van der Waals surface area contributed by atoms with E-state index in [1.54, 1.807) is 19.1 Å². The molecule has 0 radical (unpaired) electrons. The number of hydrogen-bond acceptors (Lipinski definition) is 7. The van der Waals surface area contributed by atoms with Gasteiger partial charge < -0.3 is 19.3 Å². The Morgan fingerprint density at radius 2 is 1.86 bits per heavy atom. The summed E-state index contributed by atoms with van der Waals surface area (Å²) < 4.78 is 16.6. The number of aromatic nitrogens is 2. The number of allylic oxidation sites excluding steroid dienone is 1. The first-order chi connectivity index (χ1) is 17.1. The Labute approximate surface area is 206 Å². The van der Waals surface area contributed by atoms with Gasteiger partial charge in [-0.3, -0.25) is 4.90 Å². The molecule has 8 nitrogen and oxygen atoms in total. The number of hydrogen-bond donors (Lipinski definition) is 1. The van der Waals surface area contributed by atoms with Gasteiger partial charge in [-0.15, -0.1) is 11.3 Å². The van der Waals surface area contributed by atoms with Crippen molar-refractivity contribution in [2.75, 3.05) is 14.2 Å². The molecule has 9 heteroatoms. The van der Waals surface area contributed by atoms with Crippen molar-refractivity contribution >= 4 is 22.9 Å². The predicted octanol–water partition coefficient (Wildman–Crippen LogP) is 5.51. The molecular weight excluding hydrogens is 464 g/mol. The Balaban J connectivity index is 1.61. The molecule has 0 saturated heterocycles. The van der Waals surface area contributed by atoms with Crippen LogP contribution in [-0.4, -0.2) is 35.3 Å². The number of carbonyl (C=O) groups excluding carboxylic acids is 1. The number of carbonyl (C=O) groups is 1. The highest BCUT2D eigenvalue weighted by atomic mass is 32.1. The second kappa shape index (κ2) is 9.63. The van der Waals surface area contributed by atoms with Crippen LogP contribution in [0, 0.1) is 0 Å². The fourth-order valence-corrected chi connectivity index (χ4v) is 4.79. The molecule has 2 amide bonds. The third-order valence-corrected chi connectivity index (χ3v) is 6.78. The van der Waals surface area contributed by atoms with Gasteiger partial charge in [0.1, 0.15) is 0 Å². The summed E-state index contributed by atoms with van der Waals surface area (Å²) in [4.78, 5) is 20.6. The molecule has 1 N–H and O–H groups in total. The number of ether oxygens (including phenoxy) is 2. The molecule has 2 aromatic carbocycles. The minimum absolute atomic E-state index is 0.215. The maximum atomic E-state index is 13.3. The molecule has 0 bridgehead atoms. The van der Waals surface area contributed by atoms with E-state index in [1.807, 2.05) is 73.0 Å². The molecule has 0 saturated carbocycles. The van der Waals surface area contributed by atoms with Crippen LogP contribution in [0.1, 0.15) is 30.0 Å². The van der Waals surface area contributed by atoms with E-state index in [0.29, 0.717) is 29.8 Å². The Hall–Kier alpha value is -4.11. The smallest absolute Gasteiger partial charge is 0.322 e. The highest BCUT2D eigenvalue weighted by molar-refractivity contribution is 7.13. The first kappa shape index (κ1) is 22.7. The second-order valence-electron chi connectivity index (χ2n) is 7.97. The summed E-state index contributed by atoms with van der Waals surface area (Å²) >= 11 is 1.53. The van der Waals surface area contributed by atoms with Crippen LogP contribution in [0.15, 0.2) is 76.3 Å². The lowest BCUT2D eigenvalue weighted by Crippen LogP contribution is -2.45. The Bertz CT molecular complexity index is 1370. The molecule has 5 rings (SSSR count). The Kier molecular flexibility index (Phi) is 6.24. The van der Waals surface area contributed by atoms with Crippen LogP contribution in [0.25, 0.3) is 16.3 Å². The number of rotatable bonds is 7. The van der Waals surface area contributed by atoms with E-state index in [4.69, 9.17) is 14.0 Å². The van der Waals surface area contributed by atoms with E-state index in [9.17, 15) is 4.79 Å². The molecule has 1 aliphatic rings. The molecule has 2 aromatic heterocycles. The quantitative estimate of drug-likeness (QED) is 0.369. The highest BCUT2D eigenvalue weighted by Gasteiger charge is 2.36. The van der Waals surface area contributed by atoms with Crippen molar-refractivity contribution < 1.29 is 18.8 Å². The number of methoxy groups -OCH3 is 2. The van der Waals surface area contributed by atoms with Crippen molar-refractivity contribution in [1.82, 2.24) is 20.4 Å². The first-order valence-electron chi connectivity index (χ1n) is 11.0. The van der Waals surface area contributed by atoms with Crippen LogP contribution in [-0.2, 0) is 6.54 Å². The van der Waals surface area contributed by atoms with E-state index in [1.165, 1.54) is 11.3 Å². The molecule has 0 fully saturated rings. The summed E-state index contributed by atoms with van der Waals surface area (Å²) in [7, 11) is 3.16. The van der Waals surface area contributed by atoms with Crippen LogP contribution in [0.2, 0.25) is 0 Å². The van der Waals surface area contributed by atoms with Gasteiger partial charge in [0.05, 0.1) is 37.3 Å². The third kappa shape index (κ3) is 4.38. The standard InChI is InChI=1S/C26H24N4O4S/c1-16-22(25-28-24(29-34-25)21-10-7-13-35-21)23(18-11-12-19(32-2)20(14-18)33-3)27-26(31)30(16)15-17-8-5-4-6-9-17/h4-14,23H,15H2,1-3H3,(H,27,31). The van der Waals surface area contributed by atoms with E-state index >= 15 is 0 Å². The maximum absolute atomic E-state index is 13.3. The molecule has 178 valence electrons. The average Bonchev–Trinajstić information content (AvgIpc) is 3.59. The third-order valence-electron chi connectivity index (χ3n) is 5.92. The average molecular weight is 489 g/mol. The molecular formula is C26H24N4O4S. The number of nitrogens with zero attached hydrogens (tertiary/aromatic N) is 3. The largest absolute Gasteiger partial charge is 0.493 e. The van der Waals surface area contributed by atoms with Crippen LogP contribution < -0.4 is 14.8 Å². The van der Waals surface area contributed by atoms with Gasteiger partial charge in [0.25, 0.3) is 5.89 Å². The van der Waals surface area contributed by atoms with Crippen LogP contribution >= 0.6 is 11.3 Å². The van der Waals surface area contributed by atoms with Gasteiger partial charge >= 0.3 is 6.03 Å².